The van der Waals surface area contributed by atoms with E-state index in [0.717, 1.165) is 29.0 Å². The van der Waals surface area contributed by atoms with E-state index < -0.39 is 12.1 Å². The maximum atomic E-state index is 12.6. The van der Waals surface area contributed by atoms with Crippen molar-refractivity contribution in [2.24, 2.45) is 0 Å². The zero-order chi connectivity index (χ0) is 18.7. The Morgan fingerprint density at radius 2 is 2.00 bits per heavy atom. The number of aryl methyl sites for hydroxylation is 1. The third kappa shape index (κ3) is 4.04. The van der Waals surface area contributed by atoms with E-state index in [0.29, 0.717) is 13.1 Å². The highest BCUT2D eigenvalue weighted by molar-refractivity contribution is 7.07. The van der Waals surface area contributed by atoms with Gasteiger partial charge in [-0.3, -0.25) is 14.4 Å². The topological polar surface area (TPSA) is 68.6 Å². The lowest BCUT2D eigenvalue weighted by molar-refractivity contribution is -0.159. The van der Waals surface area contributed by atoms with Crippen LogP contribution in [0, 0.1) is 6.92 Å². The summed E-state index contributed by atoms with van der Waals surface area (Å²) < 4.78 is 6.83. The Bertz CT molecular complexity index is 870. The SMILES string of the molecule is Cc1csc(=O)n1CCC(=O)O[C@@H](C)C(=O)N1CCc2ccccc2C1. The van der Waals surface area contributed by atoms with Crippen LogP contribution in [0.2, 0.25) is 0 Å². The molecule has 0 aliphatic carbocycles. The number of thiazole rings is 1. The monoisotopic (exact) mass is 374 g/mol. The molecule has 1 amide bonds. The number of esters is 1. The van der Waals surface area contributed by atoms with E-state index in [9.17, 15) is 14.4 Å². The molecule has 0 fully saturated rings. The van der Waals surface area contributed by atoms with E-state index in [-0.39, 0.29) is 23.7 Å². The number of nitrogens with zero attached hydrogens (tertiary/aromatic N) is 2. The molecule has 0 unspecified atom stereocenters. The zero-order valence-electron chi connectivity index (χ0n) is 14.9. The first-order valence-electron chi connectivity index (χ1n) is 8.65. The van der Waals surface area contributed by atoms with Crippen molar-refractivity contribution in [3.63, 3.8) is 0 Å². The van der Waals surface area contributed by atoms with Crippen LogP contribution in [0.3, 0.4) is 0 Å². The molecule has 26 heavy (non-hydrogen) atoms. The lowest BCUT2D eigenvalue weighted by Gasteiger charge is -2.30. The summed E-state index contributed by atoms with van der Waals surface area (Å²) in [6.07, 6.45) is 0.0500. The molecule has 6 nitrogen and oxygen atoms in total. The van der Waals surface area contributed by atoms with Crippen LogP contribution in [0.1, 0.15) is 30.2 Å². The Morgan fingerprint density at radius 1 is 1.27 bits per heavy atom. The Hall–Kier alpha value is -2.41. The molecule has 2 heterocycles. The van der Waals surface area contributed by atoms with Gasteiger partial charge in [0.2, 0.25) is 0 Å². The minimum absolute atomic E-state index is 0.0674. The highest BCUT2D eigenvalue weighted by atomic mass is 32.1. The number of benzene rings is 1. The highest BCUT2D eigenvalue weighted by Crippen LogP contribution is 2.19. The first kappa shape index (κ1) is 18.4. The number of fused-ring (bicyclic) bond motifs is 1. The maximum absolute atomic E-state index is 12.6. The molecule has 1 aromatic heterocycles. The molecular formula is C19H22N2O4S. The molecule has 0 spiro atoms. The fourth-order valence-corrected chi connectivity index (χ4v) is 3.89. The molecule has 7 heteroatoms. The standard InChI is InChI=1S/C19H22N2O4S/c1-13-12-26-19(24)21(13)10-8-17(22)25-14(2)18(23)20-9-7-15-5-3-4-6-16(15)11-20/h3-6,12,14H,7-11H2,1-2H3/t14-/m0/s1. The summed E-state index contributed by atoms with van der Waals surface area (Å²) in [5, 5.41) is 1.76. The van der Waals surface area contributed by atoms with Gasteiger partial charge >= 0.3 is 10.8 Å². The number of amides is 1. The van der Waals surface area contributed by atoms with E-state index in [2.05, 4.69) is 6.07 Å². The van der Waals surface area contributed by atoms with Crippen molar-refractivity contribution < 1.29 is 14.3 Å². The van der Waals surface area contributed by atoms with Gasteiger partial charge < -0.3 is 14.2 Å². The second-order valence-corrected chi connectivity index (χ2v) is 7.28. The van der Waals surface area contributed by atoms with Gasteiger partial charge in [-0.25, -0.2) is 0 Å². The lowest BCUT2D eigenvalue weighted by atomic mass is 9.99. The summed E-state index contributed by atoms with van der Waals surface area (Å²) in [6, 6.07) is 8.06. The molecule has 0 radical (unpaired) electrons. The number of hydrogen-bond acceptors (Lipinski definition) is 5. The van der Waals surface area contributed by atoms with Gasteiger partial charge in [-0.15, -0.1) is 0 Å². The Labute approximate surface area is 156 Å². The number of hydrogen-bond donors (Lipinski definition) is 0. The van der Waals surface area contributed by atoms with E-state index in [1.165, 1.54) is 5.56 Å². The largest absolute Gasteiger partial charge is 0.452 e. The van der Waals surface area contributed by atoms with Gasteiger partial charge in [0.1, 0.15) is 0 Å². The summed E-state index contributed by atoms with van der Waals surface area (Å²) >= 11 is 1.11. The molecule has 0 N–H and O–H groups in total. The number of carbonyl (C=O) groups excluding carboxylic acids is 2. The van der Waals surface area contributed by atoms with Crippen molar-refractivity contribution in [1.82, 2.24) is 9.47 Å². The van der Waals surface area contributed by atoms with E-state index >= 15 is 0 Å². The molecule has 0 saturated heterocycles. The Morgan fingerprint density at radius 3 is 2.69 bits per heavy atom. The molecule has 2 aromatic rings. The fourth-order valence-electron chi connectivity index (χ4n) is 3.13. The number of rotatable bonds is 5. The van der Waals surface area contributed by atoms with Crippen LogP contribution < -0.4 is 4.87 Å². The van der Waals surface area contributed by atoms with Crippen LogP contribution >= 0.6 is 11.3 Å². The average Bonchev–Trinajstić information content (AvgIpc) is 2.96. The summed E-state index contributed by atoms with van der Waals surface area (Å²) in [7, 11) is 0. The maximum Gasteiger partial charge on any atom is 0.308 e. The van der Waals surface area contributed by atoms with Crippen molar-refractivity contribution >= 4 is 23.2 Å². The second kappa shape index (κ2) is 7.86. The number of aromatic nitrogens is 1. The van der Waals surface area contributed by atoms with Gasteiger partial charge in [0.15, 0.2) is 6.10 Å². The molecule has 1 aliphatic rings. The van der Waals surface area contributed by atoms with E-state index in [1.807, 2.05) is 25.1 Å². The predicted octanol–water partition coefficient (Wildman–Crippen LogP) is 2.12. The summed E-state index contributed by atoms with van der Waals surface area (Å²) in [5.41, 5.74) is 3.22. The average molecular weight is 374 g/mol. The van der Waals surface area contributed by atoms with Crippen LogP contribution in [0.5, 0.6) is 0 Å². The summed E-state index contributed by atoms with van der Waals surface area (Å²) in [6.45, 7) is 4.86. The van der Waals surface area contributed by atoms with E-state index in [4.69, 9.17) is 4.74 Å². The predicted molar refractivity (Wildman–Crippen MR) is 99.1 cm³/mol. The lowest BCUT2D eigenvalue weighted by Crippen LogP contribution is -2.42. The van der Waals surface area contributed by atoms with Gasteiger partial charge in [0, 0.05) is 30.7 Å². The van der Waals surface area contributed by atoms with Crippen LogP contribution in [0.4, 0.5) is 0 Å². The molecule has 0 saturated carbocycles. The van der Waals surface area contributed by atoms with Gasteiger partial charge in [-0.1, -0.05) is 35.6 Å². The Balaban J connectivity index is 1.53. The molecule has 1 aliphatic heterocycles. The molecule has 138 valence electrons. The molecular weight excluding hydrogens is 352 g/mol. The molecule has 3 rings (SSSR count). The fraction of sp³-hybridized carbons (Fsp3) is 0.421. The summed E-state index contributed by atoms with van der Waals surface area (Å²) in [4.78, 5) is 37.9. The van der Waals surface area contributed by atoms with Gasteiger partial charge in [0.25, 0.3) is 5.91 Å². The van der Waals surface area contributed by atoms with Crippen LogP contribution in [0.25, 0.3) is 0 Å². The van der Waals surface area contributed by atoms with Gasteiger partial charge in [-0.2, -0.15) is 0 Å². The smallest absolute Gasteiger partial charge is 0.308 e. The first-order valence-corrected chi connectivity index (χ1v) is 9.53. The molecule has 0 bridgehead atoms. The van der Waals surface area contributed by atoms with Gasteiger partial charge in [-0.05, 0) is 31.4 Å². The molecule has 1 atom stereocenters. The molecule has 1 aromatic carbocycles. The zero-order valence-corrected chi connectivity index (χ0v) is 15.8. The minimum Gasteiger partial charge on any atom is -0.452 e. The third-order valence-electron chi connectivity index (χ3n) is 4.61. The van der Waals surface area contributed by atoms with Crippen molar-refractivity contribution in [3.8, 4) is 0 Å². The first-order chi connectivity index (χ1) is 12.5. The van der Waals surface area contributed by atoms with Gasteiger partial charge in [0.05, 0.1) is 6.42 Å². The minimum atomic E-state index is -0.826. The van der Waals surface area contributed by atoms with Crippen LogP contribution in [-0.2, 0) is 33.8 Å². The Kier molecular flexibility index (Phi) is 5.56. The number of carbonyl (C=O) groups is 2. The van der Waals surface area contributed by atoms with Crippen molar-refractivity contribution in [2.45, 2.75) is 45.9 Å². The normalized spacial score (nSPS) is 14.6. The van der Waals surface area contributed by atoms with Crippen molar-refractivity contribution in [1.29, 1.82) is 0 Å². The van der Waals surface area contributed by atoms with Crippen molar-refractivity contribution in [2.75, 3.05) is 6.54 Å². The number of ether oxygens (including phenoxy) is 1. The quantitative estimate of drug-likeness (QED) is 0.752. The highest BCUT2D eigenvalue weighted by Gasteiger charge is 2.26. The van der Waals surface area contributed by atoms with Crippen LogP contribution in [-0.4, -0.2) is 34.0 Å². The van der Waals surface area contributed by atoms with Crippen molar-refractivity contribution in [3.05, 3.63) is 56.1 Å². The second-order valence-electron chi connectivity index (χ2n) is 6.46. The van der Waals surface area contributed by atoms with E-state index in [1.54, 1.807) is 21.8 Å². The summed E-state index contributed by atoms with van der Waals surface area (Å²) in [5.74, 6) is -0.655. The third-order valence-corrected chi connectivity index (χ3v) is 5.50. The van der Waals surface area contributed by atoms with Crippen LogP contribution in [0.15, 0.2) is 34.4 Å².